The fraction of sp³-hybridized carbons (Fsp3) is 1.00. The molecule has 0 amide bonds. The molecule has 3 rings (SSSR count). The van der Waals surface area contributed by atoms with Gasteiger partial charge in [0.05, 0.1) is 0 Å². The summed E-state index contributed by atoms with van der Waals surface area (Å²) >= 11 is 0. The third-order valence-electron chi connectivity index (χ3n) is 5.11. The van der Waals surface area contributed by atoms with Gasteiger partial charge in [-0.3, -0.25) is 0 Å². The molecular weight excluding hydrogens is 132 g/mol. The molecule has 3 aliphatic rings. The first-order valence-electron chi connectivity index (χ1n) is 5.25. The van der Waals surface area contributed by atoms with E-state index < -0.39 is 0 Å². The zero-order chi connectivity index (χ0) is 7.64. The highest BCUT2D eigenvalue weighted by atomic mass is 14.7. The molecular formula is C11H18. The smallest absolute Gasteiger partial charge is 0.0215 e. The molecule has 0 aliphatic heterocycles. The van der Waals surface area contributed by atoms with Gasteiger partial charge in [0.15, 0.2) is 0 Å². The van der Waals surface area contributed by atoms with Crippen LogP contribution in [0.4, 0.5) is 0 Å². The quantitative estimate of drug-likeness (QED) is 0.498. The van der Waals surface area contributed by atoms with E-state index in [-0.39, 0.29) is 0 Å². The van der Waals surface area contributed by atoms with Crippen molar-refractivity contribution in [2.24, 2.45) is 29.1 Å². The summed E-state index contributed by atoms with van der Waals surface area (Å²) in [4.78, 5) is 0. The van der Waals surface area contributed by atoms with Crippen molar-refractivity contribution >= 4 is 0 Å². The van der Waals surface area contributed by atoms with Crippen LogP contribution in [-0.2, 0) is 0 Å². The van der Waals surface area contributed by atoms with E-state index in [0.717, 1.165) is 17.3 Å². The van der Waals surface area contributed by atoms with Gasteiger partial charge in [0.1, 0.15) is 0 Å². The van der Waals surface area contributed by atoms with Crippen molar-refractivity contribution in [3.8, 4) is 0 Å². The first kappa shape index (κ1) is 6.51. The second-order valence-electron chi connectivity index (χ2n) is 5.29. The van der Waals surface area contributed by atoms with Crippen LogP contribution in [0.2, 0.25) is 0 Å². The molecule has 1 spiro atoms. The second kappa shape index (κ2) is 1.67. The average molecular weight is 150 g/mol. The number of rotatable bonds is 0. The van der Waals surface area contributed by atoms with Crippen LogP contribution >= 0.6 is 0 Å². The van der Waals surface area contributed by atoms with Crippen LogP contribution in [0.1, 0.15) is 39.5 Å². The van der Waals surface area contributed by atoms with E-state index in [1.54, 1.807) is 19.3 Å². The molecule has 0 saturated heterocycles. The molecule has 0 aromatic rings. The summed E-state index contributed by atoms with van der Waals surface area (Å²) in [6.07, 6.45) is 6.24. The number of fused-ring (bicyclic) bond motifs is 2. The first-order chi connectivity index (χ1) is 5.25. The van der Waals surface area contributed by atoms with E-state index in [0.29, 0.717) is 0 Å². The molecule has 3 saturated carbocycles. The lowest BCUT2D eigenvalue weighted by molar-refractivity contribution is -0.0169. The van der Waals surface area contributed by atoms with Gasteiger partial charge in [-0.05, 0) is 54.8 Å². The van der Waals surface area contributed by atoms with Gasteiger partial charge >= 0.3 is 0 Å². The fourth-order valence-corrected chi connectivity index (χ4v) is 4.25. The SMILES string of the molecule is CC1CCC12C(C)CC1CC12. The molecule has 0 aromatic carbocycles. The Bertz CT molecular complexity index is 192. The molecule has 5 unspecified atom stereocenters. The molecule has 0 N–H and O–H groups in total. The Morgan fingerprint density at radius 3 is 2.18 bits per heavy atom. The topological polar surface area (TPSA) is 0 Å². The minimum absolute atomic E-state index is 0.866. The van der Waals surface area contributed by atoms with Gasteiger partial charge in [-0.1, -0.05) is 13.8 Å². The maximum Gasteiger partial charge on any atom is -0.0215 e. The van der Waals surface area contributed by atoms with Gasteiger partial charge in [-0.25, -0.2) is 0 Å². The Morgan fingerprint density at radius 1 is 1.09 bits per heavy atom. The van der Waals surface area contributed by atoms with E-state index in [1.807, 2.05) is 0 Å². The Morgan fingerprint density at radius 2 is 1.91 bits per heavy atom. The van der Waals surface area contributed by atoms with Crippen LogP contribution in [0.3, 0.4) is 0 Å². The summed E-state index contributed by atoms with van der Waals surface area (Å²) in [5, 5.41) is 0. The Balaban J connectivity index is 1.94. The Hall–Kier alpha value is 0. The van der Waals surface area contributed by atoms with Crippen LogP contribution in [-0.4, -0.2) is 0 Å². The Labute approximate surface area is 69.4 Å². The number of hydrogen-bond donors (Lipinski definition) is 0. The maximum atomic E-state index is 2.50. The molecule has 3 aliphatic carbocycles. The van der Waals surface area contributed by atoms with E-state index in [9.17, 15) is 0 Å². The normalized spacial score (nSPS) is 66.0. The van der Waals surface area contributed by atoms with Crippen molar-refractivity contribution < 1.29 is 0 Å². The predicted molar refractivity (Wildman–Crippen MR) is 46.2 cm³/mol. The predicted octanol–water partition coefficient (Wildman–Crippen LogP) is 3.08. The molecule has 62 valence electrons. The van der Waals surface area contributed by atoms with Crippen molar-refractivity contribution in [2.75, 3.05) is 0 Å². The second-order valence-corrected chi connectivity index (χ2v) is 5.29. The maximum absolute atomic E-state index is 2.50. The van der Waals surface area contributed by atoms with E-state index in [1.165, 1.54) is 18.3 Å². The summed E-state index contributed by atoms with van der Waals surface area (Å²) in [6, 6.07) is 0. The highest BCUT2D eigenvalue weighted by molar-refractivity contribution is 5.14. The van der Waals surface area contributed by atoms with E-state index in [2.05, 4.69) is 13.8 Å². The van der Waals surface area contributed by atoms with E-state index >= 15 is 0 Å². The molecule has 0 bridgehead atoms. The molecule has 3 fully saturated rings. The van der Waals surface area contributed by atoms with Crippen LogP contribution in [0, 0.1) is 29.1 Å². The zero-order valence-corrected chi connectivity index (χ0v) is 7.64. The molecule has 0 heterocycles. The lowest BCUT2D eigenvalue weighted by Crippen LogP contribution is -2.43. The van der Waals surface area contributed by atoms with Gasteiger partial charge in [-0.2, -0.15) is 0 Å². The zero-order valence-electron chi connectivity index (χ0n) is 7.64. The average Bonchev–Trinajstić information content (AvgIpc) is 2.62. The van der Waals surface area contributed by atoms with E-state index in [4.69, 9.17) is 0 Å². The molecule has 5 atom stereocenters. The summed E-state index contributed by atoms with van der Waals surface area (Å²) in [5.74, 6) is 4.49. The van der Waals surface area contributed by atoms with Gasteiger partial charge in [0.2, 0.25) is 0 Å². The third-order valence-corrected chi connectivity index (χ3v) is 5.11. The lowest BCUT2D eigenvalue weighted by atomic mass is 9.54. The van der Waals surface area contributed by atoms with Gasteiger partial charge < -0.3 is 0 Å². The minimum Gasteiger partial charge on any atom is -0.0620 e. The Kier molecular flexibility index (Phi) is 0.990. The fourth-order valence-electron chi connectivity index (χ4n) is 4.25. The monoisotopic (exact) mass is 150 g/mol. The number of hydrogen-bond acceptors (Lipinski definition) is 0. The first-order valence-corrected chi connectivity index (χ1v) is 5.25. The summed E-state index contributed by atoms with van der Waals surface area (Å²) in [7, 11) is 0. The summed E-state index contributed by atoms with van der Waals surface area (Å²) in [6.45, 7) is 4.99. The van der Waals surface area contributed by atoms with Gasteiger partial charge in [0.25, 0.3) is 0 Å². The van der Waals surface area contributed by atoms with Crippen molar-refractivity contribution in [2.45, 2.75) is 39.5 Å². The van der Waals surface area contributed by atoms with Crippen molar-refractivity contribution in [1.82, 2.24) is 0 Å². The highest BCUT2D eigenvalue weighted by Gasteiger charge is 2.65. The standard InChI is InChI=1S/C11H18/c1-7-3-4-11(7)8(2)5-9-6-10(9)11/h7-10H,3-6H2,1-2H3. The summed E-state index contributed by atoms with van der Waals surface area (Å²) in [5.41, 5.74) is 0.866. The van der Waals surface area contributed by atoms with Crippen LogP contribution < -0.4 is 0 Å². The van der Waals surface area contributed by atoms with Gasteiger partial charge in [0, 0.05) is 0 Å². The van der Waals surface area contributed by atoms with Crippen LogP contribution in [0.5, 0.6) is 0 Å². The van der Waals surface area contributed by atoms with Crippen molar-refractivity contribution in [3.05, 3.63) is 0 Å². The van der Waals surface area contributed by atoms with Crippen molar-refractivity contribution in [1.29, 1.82) is 0 Å². The highest BCUT2D eigenvalue weighted by Crippen LogP contribution is 2.73. The minimum atomic E-state index is 0.866. The largest absolute Gasteiger partial charge is 0.0620 e. The molecule has 0 radical (unpaired) electrons. The van der Waals surface area contributed by atoms with Gasteiger partial charge in [-0.15, -0.1) is 0 Å². The molecule has 11 heavy (non-hydrogen) atoms. The van der Waals surface area contributed by atoms with Crippen LogP contribution in [0.25, 0.3) is 0 Å². The summed E-state index contributed by atoms with van der Waals surface area (Å²) < 4.78 is 0. The molecule has 0 nitrogen and oxygen atoms in total. The van der Waals surface area contributed by atoms with Crippen LogP contribution in [0.15, 0.2) is 0 Å². The molecule has 0 heteroatoms. The molecule has 0 aromatic heterocycles. The third kappa shape index (κ3) is 0.554. The lowest BCUT2D eigenvalue weighted by Gasteiger charge is -2.51. The van der Waals surface area contributed by atoms with Crippen molar-refractivity contribution in [3.63, 3.8) is 0 Å².